The van der Waals surface area contributed by atoms with E-state index in [0.717, 1.165) is 24.5 Å². The molecule has 2 aromatic heterocycles. The van der Waals surface area contributed by atoms with E-state index >= 15 is 0 Å². The fraction of sp³-hybridized carbons (Fsp3) is 0.667. The Labute approximate surface area is 133 Å². The van der Waals surface area contributed by atoms with Crippen molar-refractivity contribution < 1.29 is 4.21 Å². The summed E-state index contributed by atoms with van der Waals surface area (Å²) >= 11 is 0. The maximum atomic E-state index is 12.8. The van der Waals surface area contributed by atoms with Gasteiger partial charge in [-0.25, -0.2) is 4.98 Å². The van der Waals surface area contributed by atoms with Crippen molar-refractivity contribution in [1.82, 2.24) is 24.3 Å². The molecular weight excluding hydrogens is 298 g/mol. The SMILES string of the molecule is Cc1nnc([S@@](=O)Cc2nccn2C)n1[C@H]1CCC[C@@H](C)C1. The standard InChI is InChI=1S/C15H23N5OS/c1-11-5-4-6-13(9-11)20-12(2)17-18-15(20)22(21)10-14-16-7-8-19(14)3/h7-8,11,13H,4-6,9-10H2,1-3H3/t11-,13+,22+/m1/s1. The molecule has 1 aliphatic rings. The Morgan fingerprint density at radius 3 is 2.86 bits per heavy atom. The van der Waals surface area contributed by atoms with Crippen LogP contribution in [0.4, 0.5) is 0 Å². The average Bonchev–Trinajstić information content (AvgIpc) is 3.05. The van der Waals surface area contributed by atoms with Crippen LogP contribution in [0, 0.1) is 12.8 Å². The monoisotopic (exact) mass is 321 g/mol. The van der Waals surface area contributed by atoms with Crippen molar-refractivity contribution in [2.45, 2.75) is 56.5 Å². The van der Waals surface area contributed by atoms with Crippen LogP contribution in [0.15, 0.2) is 17.6 Å². The van der Waals surface area contributed by atoms with Crippen LogP contribution in [-0.2, 0) is 23.6 Å². The molecule has 3 rings (SSSR count). The van der Waals surface area contributed by atoms with Crippen LogP contribution in [0.25, 0.3) is 0 Å². The Hall–Kier alpha value is -1.50. The molecule has 2 aromatic rings. The molecule has 6 nitrogen and oxygen atoms in total. The summed E-state index contributed by atoms with van der Waals surface area (Å²) in [4.78, 5) is 4.25. The second kappa shape index (κ2) is 6.32. The summed E-state index contributed by atoms with van der Waals surface area (Å²) in [7, 11) is 0.694. The maximum Gasteiger partial charge on any atom is 0.222 e. The molecule has 0 unspecified atom stereocenters. The number of aryl methyl sites for hydroxylation is 2. The van der Waals surface area contributed by atoms with E-state index in [9.17, 15) is 4.21 Å². The van der Waals surface area contributed by atoms with Crippen LogP contribution in [0.2, 0.25) is 0 Å². The molecule has 1 fully saturated rings. The van der Waals surface area contributed by atoms with Gasteiger partial charge in [0.05, 0.1) is 16.6 Å². The van der Waals surface area contributed by atoms with Gasteiger partial charge in [-0.2, -0.15) is 0 Å². The molecule has 0 aromatic carbocycles. The summed E-state index contributed by atoms with van der Waals surface area (Å²) in [5.74, 6) is 2.76. The topological polar surface area (TPSA) is 65.6 Å². The lowest BCUT2D eigenvalue weighted by molar-refractivity contribution is 0.267. The van der Waals surface area contributed by atoms with Gasteiger partial charge in [-0.1, -0.05) is 19.8 Å². The second-order valence-electron chi connectivity index (χ2n) is 6.27. The Balaban J connectivity index is 1.85. The summed E-state index contributed by atoms with van der Waals surface area (Å²) in [5.41, 5.74) is 0. The van der Waals surface area contributed by atoms with Gasteiger partial charge >= 0.3 is 0 Å². The van der Waals surface area contributed by atoms with Crippen molar-refractivity contribution in [1.29, 1.82) is 0 Å². The van der Waals surface area contributed by atoms with Crippen LogP contribution in [0.5, 0.6) is 0 Å². The molecule has 22 heavy (non-hydrogen) atoms. The third kappa shape index (κ3) is 2.99. The molecule has 1 aliphatic carbocycles. The molecule has 0 N–H and O–H groups in total. The third-order valence-corrected chi connectivity index (χ3v) is 5.70. The molecule has 2 heterocycles. The maximum absolute atomic E-state index is 12.8. The Morgan fingerprint density at radius 1 is 1.36 bits per heavy atom. The first-order valence-electron chi connectivity index (χ1n) is 7.82. The lowest BCUT2D eigenvalue weighted by Crippen LogP contribution is -2.21. The molecule has 1 saturated carbocycles. The average molecular weight is 321 g/mol. The Morgan fingerprint density at radius 2 is 2.18 bits per heavy atom. The van der Waals surface area contributed by atoms with Gasteiger partial charge in [0.25, 0.3) is 0 Å². The Bertz CT molecular complexity index is 677. The van der Waals surface area contributed by atoms with E-state index in [-0.39, 0.29) is 0 Å². The fourth-order valence-electron chi connectivity index (χ4n) is 3.28. The van der Waals surface area contributed by atoms with Crippen LogP contribution in [-0.4, -0.2) is 28.5 Å². The van der Waals surface area contributed by atoms with Gasteiger partial charge in [0, 0.05) is 25.5 Å². The van der Waals surface area contributed by atoms with E-state index < -0.39 is 10.8 Å². The van der Waals surface area contributed by atoms with Gasteiger partial charge < -0.3 is 9.13 Å². The largest absolute Gasteiger partial charge is 0.337 e. The Kier molecular flexibility index (Phi) is 4.42. The van der Waals surface area contributed by atoms with Crippen molar-refractivity contribution in [3.63, 3.8) is 0 Å². The lowest BCUT2D eigenvalue weighted by Gasteiger charge is -2.29. The third-order valence-electron chi connectivity index (χ3n) is 4.49. The van der Waals surface area contributed by atoms with Crippen LogP contribution >= 0.6 is 0 Å². The number of rotatable bonds is 4. The quantitative estimate of drug-likeness (QED) is 0.867. The van der Waals surface area contributed by atoms with Crippen molar-refractivity contribution in [2.24, 2.45) is 13.0 Å². The molecule has 0 radical (unpaired) electrons. The first kappa shape index (κ1) is 15.4. The molecule has 0 spiro atoms. The second-order valence-corrected chi connectivity index (χ2v) is 7.61. The smallest absolute Gasteiger partial charge is 0.222 e. The van der Waals surface area contributed by atoms with E-state index in [0.29, 0.717) is 22.9 Å². The van der Waals surface area contributed by atoms with Crippen LogP contribution in [0.1, 0.15) is 50.3 Å². The summed E-state index contributed by atoms with van der Waals surface area (Å²) < 4.78 is 16.8. The summed E-state index contributed by atoms with van der Waals surface area (Å²) in [6.45, 7) is 4.24. The first-order valence-corrected chi connectivity index (χ1v) is 9.14. The van der Waals surface area contributed by atoms with Crippen molar-refractivity contribution in [3.05, 3.63) is 24.0 Å². The number of hydrogen-bond donors (Lipinski definition) is 0. The summed E-state index contributed by atoms with van der Waals surface area (Å²) in [5, 5.41) is 8.98. The normalized spacial score (nSPS) is 23.6. The van der Waals surface area contributed by atoms with E-state index in [2.05, 4.69) is 26.7 Å². The minimum atomic E-state index is -1.22. The first-order chi connectivity index (χ1) is 10.6. The highest BCUT2D eigenvalue weighted by molar-refractivity contribution is 7.84. The molecule has 0 saturated heterocycles. The van der Waals surface area contributed by atoms with Crippen LogP contribution in [0.3, 0.4) is 0 Å². The van der Waals surface area contributed by atoms with Crippen molar-refractivity contribution in [2.75, 3.05) is 0 Å². The van der Waals surface area contributed by atoms with E-state index in [4.69, 9.17) is 0 Å². The highest BCUT2D eigenvalue weighted by Crippen LogP contribution is 2.34. The predicted molar refractivity (Wildman–Crippen MR) is 84.7 cm³/mol. The molecule has 0 amide bonds. The number of hydrogen-bond acceptors (Lipinski definition) is 4. The fourth-order valence-corrected chi connectivity index (χ4v) is 4.55. The van der Waals surface area contributed by atoms with E-state index in [1.807, 2.05) is 24.7 Å². The zero-order valence-electron chi connectivity index (χ0n) is 13.4. The zero-order chi connectivity index (χ0) is 15.7. The summed E-state index contributed by atoms with van der Waals surface area (Å²) in [6, 6.07) is 0.374. The predicted octanol–water partition coefficient (Wildman–Crippen LogP) is 2.38. The molecule has 7 heteroatoms. The van der Waals surface area contributed by atoms with Gasteiger partial charge in [-0.3, -0.25) is 4.21 Å². The minimum absolute atomic E-state index is 0.374. The highest BCUT2D eigenvalue weighted by Gasteiger charge is 2.27. The van der Waals surface area contributed by atoms with Gasteiger partial charge in [0.2, 0.25) is 5.16 Å². The van der Waals surface area contributed by atoms with Gasteiger partial charge in [-0.15, -0.1) is 10.2 Å². The molecule has 3 atom stereocenters. The number of aromatic nitrogens is 5. The van der Waals surface area contributed by atoms with Crippen LogP contribution < -0.4 is 0 Å². The lowest BCUT2D eigenvalue weighted by atomic mass is 9.87. The van der Waals surface area contributed by atoms with Gasteiger partial charge in [0.15, 0.2) is 0 Å². The van der Waals surface area contributed by atoms with Crippen molar-refractivity contribution >= 4 is 10.8 Å². The molecular formula is C15H23N5OS. The number of imidazole rings is 1. The summed E-state index contributed by atoms with van der Waals surface area (Å²) in [6.07, 6.45) is 8.33. The molecule has 120 valence electrons. The van der Waals surface area contributed by atoms with Gasteiger partial charge in [-0.05, 0) is 25.7 Å². The van der Waals surface area contributed by atoms with Gasteiger partial charge in [0.1, 0.15) is 11.6 Å². The minimum Gasteiger partial charge on any atom is -0.337 e. The van der Waals surface area contributed by atoms with E-state index in [1.165, 1.54) is 12.8 Å². The zero-order valence-corrected chi connectivity index (χ0v) is 14.2. The molecule has 0 bridgehead atoms. The van der Waals surface area contributed by atoms with Crippen molar-refractivity contribution in [3.8, 4) is 0 Å². The van der Waals surface area contributed by atoms with E-state index in [1.54, 1.807) is 6.20 Å². The molecule has 0 aliphatic heterocycles. The number of nitrogens with zero attached hydrogens (tertiary/aromatic N) is 5. The highest BCUT2D eigenvalue weighted by atomic mass is 32.2.